The van der Waals surface area contributed by atoms with E-state index >= 15 is 0 Å². The minimum Gasteiger partial charge on any atom is -0.483 e. The van der Waals surface area contributed by atoms with Crippen LogP contribution in [0.3, 0.4) is 0 Å². The lowest BCUT2D eigenvalue weighted by Gasteiger charge is -2.12. The van der Waals surface area contributed by atoms with Crippen molar-refractivity contribution in [3.05, 3.63) is 28.4 Å². The maximum absolute atomic E-state index is 10.6. The van der Waals surface area contributed by atoms with Gasteiger partial charge in [0.2, 0.25) is 5.75 Å². The number of nitro groups is 1. The summed E-state index contributed by atoms with van der Waals surface area (Å²) in [6.45, 7) is 3.02. The fourth-order valence-electron chi connectivity index (χ4n) is 1.19. The Morgan fingerprint density at radius 1 is 1.71 bits per heavy atom. The number of aromatic nitrogens is 1. The highest BCUT2D eigenvalue weighted by atomic mass is 16.6. The van der Waals surface area contributed by atoms with Gasteiger partial charge in [-0.25, -0.2) is 0 Å². The van der Waals surface area contributed by atoms with Crippen LogP contribution in [0, 0.1) is 10.1 Å². The molecule has 0 saturated heterocycles. The number of nitrogens with zero attached hydrogens (tertiary/aromatic N) is 2. The lowest BCUT2D eigenvalue weighted by molar-refractivity contribution is -0.390. The normalized spacial score (nSPS) is 12.1. The smallest absolute Gasteiger partial charge is 0.406 e. The number of hydrogen-bond donors (Lipinski definition) is 2. The van der Waals surface area contributed by atoms with Crippen molar-refractivity contribution in [2.24, 2.45) is 0 Å². The van der Waals surface area contributed by atoms with Gasteiger partial charge in [0.25, 0.3) is 0 Å². The molecule has 0 fully saturated rings. The van der Waals surface area contributed by atoms with Crippen LogP contribution >= 0.6 is 0 Å². The van der Waals surface area contributed by atoms with E-state index in [-0.39, 0.29) is 18.2 Å². The number of ether oxygens (including phenoxy) is 1. The van der Waals surface area contributed by atoms with Crippen LogP contribution in [0.1, 0.15) is 6.92 Å². The predicted octanol–water partition coefficient (Wildman–Crippen LogP) is 0.339. The van der Waals surface area contributed by atoms with Crippen molar-refractivity contribution in [3.63, 3.8) is 0 Å². The van der Waals surface area contributed by atoms with E-state index in [0.29, 0.717) is 6.54 Å². The van der Waals surface area contributed by atoms with E-state index in [4.69, 9.17) is 4.74 Å². The van der Waals surface area contributed by atoms with Crippen LogP contribution in [0.15, 0.2) is 18.3 Å². The number of nitrogens with one attached hydrogen (secondary N) is 1. The Kier molecular flexibility index (Phi) is 5.31. The minimum absolute atomic E-state index is 0.0144. The number of rotatable bonds is 7. The molecule has 0 spiro atoms. The molecule has 7 nitrogen and oxygen atoms in total. The van der Waals surface area contributed by atoms with E-state index in [2.05, 4.69) is 10.3 Å². The molecule has 0 aliphatic carbocycles. The van der Waals surface area contributed by atoms with E-state index in [1.54, 1.807) is 6.07 Å². The van der Waals surface area contributed by atoms with Crippen molar-refractivity contribution in [3.8, 4) is 5.75 Å². The first-order valence-electron chi connectivity index (χ1n) is 5.26. The third kappa shape index (κ3) is 4.33. The zero-order valence-electron chi connectivity index (χ0n) is 9.50. The Labute approximate surface area is 98.6 Å². The fraction of sp³-hybridized carbons (Fsp3) is 0.500. The van der Waals surface area contributed by atoms with Gasteiger partial charge in [0, 0.05) is 6.54 Å². The van der Waals surface area contributed by atoms with Crippen molar-refractivity contribution in [1.82, 2.24) is 10.3 Å². The van der Waals surface area contributed by atoms with Gasteiger partial charge in [0.05, 0.1) is 0 Å². The van der Waals surface area contributed by atoms with Gasteiger partial charge in [0.1, 0.15) is 18.9 Å². The molecule has 1 rings (SSSR count). The summed E-state index contributed by atoms with van der Waals surface area (Å²) in [5.74, 6) is -0.281. The first kappa shape index (κ1) is 13.3. The molecule has 0 aliphatic heterocycles. The third-order valence-corrected chi connectivity index (χ3v) is 1.98. The van der Waals surface area contributed by atoms with Gasteiger partial charge in [-0.2, -0.15) is 0 Å². The van der Waals surface area contributed by atoms with Gasteiger partial charge >= 0.3 is 5.82 Å². The van der Waals surface area contributed by atoms with E-state index < -0.39 is 11.0 Å². The van der Waals surface area contributed by atoms with Crippen molar-refractivity contribution in [2.75, 3.05) is 19.7 Å². The lowest BCUT2D eigenvalue weighted by Crippen LogP contribution is -2.31. The van der Waals surface area contributed by atoms with E-state index in [9.17, 15) is 15.2 Å². The average Bonchev–Trinajstić information content (AvgIpc) is 2.34. The summed E-state index contributed by atoms with van der Waals surface area (Å²) in [5, 5.41) is 23.1. The van der Waals surface area contributed by atoms with Crippen LogP contribution in [-0.2, 0) is 0 Å². The quantitative estimate of drug-likeness (QED) is 0.527. The molecule has 2 N–H and O–H groups in total. The summed E-state index contributed by atoms with van der Waals surface area (Å²) >= 11 is 0. The Hall–Kier alpha value is -1.73. The summed E-state index contributed by atoms with van der Waals surface area (Å²) < 4.78 is 5.16. The van der Waals surface area contributed by atoms with Crippen molar-refractivity contribution < 1.29 is 14.8 Å². The molecule has 0 aromatic carbocycles. The Morgan fingerprint density at radius 2 is 2.47 bits per heavy atom. The number of aliphatic hydroxyl groups excluding tert-OH is 1. The predicted molar refractivity (Wildman–Crippen MR) is 60.9 cm³/mol. The topological polar surface area (TPSA) is 97.5 Å². The van der Waals surface area contributed by atoms with Gasteiger partial charge in [-0.1, -0.05) is 6.92 Å². The average molecular weight is 241 g/mol. The minimum atomic E-state index is -0.713. The summed E-state index contributed by atoms with van der Waals surface area (Å²) in [7, 11) is 0. The first-order chi connectivity index (χ1) is 8.15. The molecular weight excluding hydrogens is 226 g/mol. The molecule has 1 atom stereocenters. The molecule has 7 heteroatoms. The molecule has 1 aromatic rings. The van der Waals surface area contributed by atoms with E-state index in [1.807, 2.05) is 6.92 Å². The van der Waals surface area contributed by atoms with Gasteiger partial charge in [0.15, 0.2) is 0 Å². The second kappa shape index (κ2) is 6.77. The number of likely N-dealkylation sites (N-methyl/N-ethyl adjacent to an activating group) is 1. The van der Waals surface area contributed by atoms with Crippen LogP contribution < -0.4 is 10.1 Å². The summed E-state index contributed by atoms with van der Waals surface area (Å²) in [6.07, 6.45) is 0.606. The van der Waals surface area contributed by atoms with E-state index in [1.165, 1.54) is 12.3 Å². The summed E-state index contributed by atoms with van der Waals surface area (Å²) in [6, 6.07) is 2.99. The van der Waals surface area contributed by atoms with Crippen LogP contribution in [-0.4, -0.2) is 40.8 Å². The maximum Gasteiger partial charge on any atom is 0.406 e. The fourth-order valence-corrected chi connectivity index (χ4v) is 1.19. The SMILES string of the molecule is CCNCC(O)COc1cccnc1[N+](=O)[O-]. The molecule has 94 valence electrons. The molecule has 0 saturated carbocycles. The lowest BCUT2D eigenvalue weighted by atomic mass is 10.3. The van der Waals surface area contributed by atoms with Crippen molar-refractivity contribution in [2.45, 2.75) is 13.0 Å². The molecular formula is C10H15N3O4. The monoisotopic (exact) mass is 241 g/mol. The second-order valence-corrected chi connectivity index (χ2v) is 3.35. The van der Waals surface area contributed by atoms with Crippen LogP contribution in [0.2, 0.25) is 0 Å². The molecule has 17 heavy (non-hydrogen) atoms. The van der Waals surface area contributed by atoms with Gasteiger partial charge in [-0.3, -0.25) is 0 Å². The number of hydrogen-bond acceptors (Lipinski definition) is 6. The second-order valence-electron chi connectivity index (χ2n) is 3.35. The Balaban J connectivity index is 2.54. The molecule has 0 bridgehead atoms. The Morgan fingerprint density at radius 3 is 3.12 bits per heavy atom. The standard InChI is InChI=1S/C10H15N3O4/c1-2-11-6-8(14)7-17-9-4-3-5-12-10(9)13(15)16/h3-5,8,11,14H,2,6-7H2,1H3. The largest absolute Gasteiger partial charge is 0.483 e. The van der Waals surface area contributed by atoms with Crippen LogP contribution in [0.5, 0.6) is 5.75 Å². The van der Waals surface area contributed by atoms with Gasteiger partial charge in [-0.05, 0) is 28.6 Å². The third-order valence-electron chi connectivity index (χ3n) is 1.98. The molecule has 0 aliphatic rings. The number of pyridine rings is 1. The first-order valence-corrected chi connectivity index (χ1v) is 5.26. The van der Waals surface area contributed by atoms with Crippen molar-refractivity contribution >= 4 is 5.82 Å². The molecule has 1 unspecified atom stereocenters. The van der Waals surface area contributed by atoms with Crippen molar-refractivity contribution in [1.29, 1.82) is 0 Å². The maximum atomic E-state index is 10.6. The number of aliphatic hydroxyl groups is 1. The van der Waals surface area contributed by atoms with Crippen LogP contribution in [0.4, 0.5) is 5.82 Å². The molecule has 1 heterocycles. The highest BCUT2D eigenvalue weighted by Gasteiger charge is 2.16. The molecule has 0 amide bonds. The highest BCUT2D eigenvalue weighted by molar-refractivity contribution is 5.38. The van der Waals surface area contributed by atoms with Crippen LogP contribution in [0.25, 0.3) is 0 Å². The molecule has 1 aromatic heterocycles. The zero-order valence-corrected chi connectivity index (χ0v) is 9.50. The van der Waals surface area contributed by atoms with Gasteiger partial charge < -0.3 is 25.3 Å². The summed E-state index contributed by atoms with van der Waals surface area (Å²) in [4.78, 5) is 13.6. The summed E-state index contributed by atoms with van der Waals surface area (Å²) in [5.41, 5.74) is 0. The van der Waals surface area contributed by atoms with Gasteiger partial charge in [-0.15, -0.1) is 0 Å². The zero-order chi connectivity index (χ0) is 12.7. The van der Waals surface area contributed by atoms with E-state index in [0.717, 1.165) is 6.54 Å². The Bertz CT molecular complexity index is 372. The highest BCUT2D eigenvalue weighted by Crippen LogP contribution is 2.22. The molecule has 0 radical (unpaired) electrons.